The van der Waals surface area contributed by atoms with Gasteiger partial charge in [0.2, 0.25) is 5.91 Å². The molecule has 0 bridgehead atoms. The van der Waals surface area contributed by atoms with Crippen LogP contribution in [-0.2, 0) is 4.79 Å². The van der Waals surface area contributed by atoms with Crippen LogP contribution in [0.25, 0.3) is 10.9 Å². The summed E-state index contributed by atoms with van der Waals surface area (Å²) < 4.78 is 0. The molecule has 0 atom stereocenters. The second-order valence-corrected chi connectivity index (χ2v) is 4.47. The number of aromatic nitrogens is 1. The topological polar surface area (TPSA) is 100 Å². The highest BCUT2D eigenvalue weighted by molar-refractivity contribution is 6.07. The summed E-state index contributed by atoms with van der Waals surface area (Å²) in [5, 5.41) is 6.22. The fourth-order valence-corrected chi connectivity index (χ4v) is 2.00. The number of carbonyl (C=O) groups is 2. The third-order valence-corrected chi connectivity index (χ3v) is 2.96. The fraction of sp³-hybridized carbons (Fsp3) is 0.286. The predicted molar refractivity (Wildman–Crippen MR) is 78.3 cm³/mol. The van der Waals surface area contributed by atoms with E-state index in [2.05, 4.69) is 15.6 Å². The molecule has 0 saturated heterocycles. The summed E-state index contributed by atoms with van der Waals surface area (Å²) in [7, 11) is 0. The van der Waals surface area contributed by atoms with E-state index in [-0.39, 0.29) is 18.2 Å². The molecule has 6 nitrogen and oxygen atoms in total. The van der Waals surface area contributed by atoms with Gasteiger partial charge in [-0.2, -0.15) is 0 Å². The number of nitrogens with two attached hydrogens (primary N) is 1. The molecule has 2 rings (SSSR count). The number of hydrogen-bond donors (Lipinski definition) is 4. The van der Waals surface area contributed by atoms with E-state index in [1.54, 1.807) is 24.4 Å². The van der Waals surface area contributed by atoms with E-state index in [9.17, 15) is 9.59 Å². The van der Waals surface area contributed by atoms with Crippen molar-refractivity contribution in [2.75, 3.05) is 18.8 Å². The Morgan fingerprint density at radius 2 is 2.10 bits per heavy atom. The normalized spacial score (nSPS) is 10.4. The van der Waals surface area contributed by atoms with Gasteiger partial charge in [-0.05, 0) is 25.1 Å². The summed E-state index contributed by atoms with van der Waals surface area (Å²) in [5.74, 6) is -0.273. The van der Waals surface area contributed by atoms with Gasteiger partial charge in [-0.25, -0.2) is 0 Å². The lowest BCUT2D eigenvalue weighted by Crippen LogP contribution is -2.30. The molecule has 0 saturated carbocycles. The van der Waals surface area contributed by atoms with Gasteiger partial charge in [-0.15, -0.1) is 0 Å². The molecule has 5 N–H and O–H groups in total. The van der Waals surface area contributed by atoms with Crippen LogP contribution < -0.4 is 16.4 Å². The van der Waals surface area contributed by atoms with E-state index in [0.717, 1.165) is 10.9 Å². The first-order valence-electron chi connectivity index (χ1n) is 6.53. The lowest BCUT2D eigenvalue weighted by Gasteiger charge is -2.04. The number of rotatable bonds is 5. The Kier molecular flexibility index (Phi) is 4.24. The highest BCUT2D eigenvalue weighted by atomic mass is 16.2. The second kappa shape index (κ2) is 6.10. The van der Waals surface area contributed by atoms with Crippen molar-refractivity contribution in [2.24, 2.45) is 0 Å². The molecule has 6 heteroatoms. The maximum Gasteiger partial charge on any atom is 0.253 e. The molecule has 0 aliphatic heterocycles. The number of fused-ring (bicyclic) bond motifs is 1. The number of amides is 2. The van der Waals surface area contributed by atoms with E-state index >= 15 is 0 Å². The molecule has 0 fully saturated rings. The molecule has 1 aromatic carbocycles. The standard InChI is InChI=1S/C14H18N4O2/c1-2-16-13(19)5-6-17-14(20)11-8-18-12-7-9(15)3-4-10(11)12/h3-4,7-8,18H,2,5-6,15H2,1H3,(H,16,19)(H,17,20). The molecular weight excluding hydrogens is 256 g/mol. The van der Waals surface area contributed by atoms with Crippen molar-refractivity contribution in [1.82, 2.24) is 15.6 Å². The Morgan fingerprint density at radius 1 is 1.30 bits per heavy atom. The number of H-pyrrole nitrogens is 1. The van der Waals surface area contributed by atoms with Crippen LogP contribution in [0, 0.1) is 0 Å². The number of benzene rings is 1. The summed E-state index contributed by atoms with van der Waals surface area (Å²) in [6.07, 6.45) is 1.92. The summed E-state index contributed by atoms with van der Waals surface area (Å²) in [6.45, 7) is 2.76. The first-order valence-corrected chi connectivity index (χ1v) is 6.53. The van der Waals surface area contributed by atoms with Crippen LogP contribution in [0.3, 0.4) is 0 Å². The largest absolute Gasteiger partial charge is 0.399 e. The van der Waals surface area contributed by atoms with Gasteiger partial charge in [0, 0.05) is 42.3 Å². The summed E-state index contributed by atoms with van der Waals surface area (Å²) in [5.41, 5.74) is 7.70. The first kappa shape index (κ1) is 13.9. The van der Waals surface area contributed by atoms with Crippen LogP contribution in [0.15, 0.2) is 24.4 Å². The lowest BCUT2D eigenvalue weighted by molar-refractivity contribution is -0.120. The van der Waals surface area contributed by atoms with Crippen LogP contribution in [-0.4, -0.2) is 29.9 Å². The van der Waals surface area contributed by atoms with Crippen molar-refractivity contribution in [3.8, 4) is 0 Å². The van der Waals surface area contributed by atoms with Gasteiger partial charge >= 0.3 is 0 Å². The third kappa shape index (κ3) is 3.09. The summed E-state index contributed by atoms with van der Waals surface area (Å²) in [4.78, 5) is 26.3. The van der Waals surface area contributed by atoms with Gasteiger partial charge < -0.3 is 21.4 Å². The van der Waals surface area contributed by atoms with E-state index in [4.69, 9.17) is 5.73 Å². The van der Waals surface area contributed by atoms with Crippen molar-refractivity contribution in [2.45, 2.75) is 13.3 Å². The van der Waals surface area contributed by atoms with E-state index in [1.165, 1.54) is 0 Å². The van der Waals surface area contributed by atoms with Crippen molar-refractivity contribution in [3.05, 3.63) is 30.0 Å². The lowest BCUT2D eigenvalue weighted by atomic mass is 10.1. The molecule has 20 heavy (non-hydrogen) atoms. The minimum atomic E-state index is -0.203. The molecule has 0 unspecified atom stereocenters. The predicted octanol–water partition coefficient (Wildman–Crippen LogP) is 1.01. The van der Waals surface area contributed by atoms with E-state index in [1.807, 2.05) is 6.92 Å². The van der Waals surface area contributed by atoms with Crippen LogP contribution >= 0.6 is 0 Å². The Balaban J connectivity index is 1.99. The molecule has 0 radical (unpaired) electrons. The highest BCUT2D eigenvalue weighted by Crippen LogP contribution is 2.20. The maximum absolute atomic E-state index is 12.0. The van der Waals surface area contributed by atoms with Gasteiger partial charge in [0.25, 0.3) is 5.91 Å². The van der Waals surface area contributed by atoms with E-state index < -0.39 is 0 Å². The Morgan fingerprint density at radius 3 is 2.85 bits per heavy atom. The summed E-state index contributed by atoms with van der Waals surface area (Å²) in [6, 6.07) is 5.34. The van der Waals surface area contributed by atoms with Gasteiger partial charge in [0.05, 0.1) is 5.56 Å². The van der Waals surface area contributed by atoms with Gasteiger partial charge in [0.1, 0.15) is 0 Å². The Bertz CT molecular complexity index is 633. The zero-order valence-corrected chi connectivity index (χ0v) is 11.3. The number of aromatic amines is 1. The molecule has 106 valence electrons. The molecule has 2 amide bonds. The number of nitrogen functional groups attached to an aromatic ring is 1. The number of anilines is 1. The molecule has 1 heterocycles. The Hall–Kier alpha value is -2.50. The molecule has 0 aliphatic rings. The van der Waals surface area contributed by atoms with Gasteiger partial charge in [0.15, 0.2) is 0 Å². The zero-order valence-electron chi connectivity index (χ0n) is 11.3. The number of carbonyl (C=O) groups excluding carboxylic acids is 2. The van der Waals surface area contributed by atoms with Crippen LogP contribution in [0.1, 0.15) is 23.7 Å². The molecule has 1 aromatic heterocycles. The highest BCUT2D eigenvalue weighted by Gasteiger charge is 2.12. The number of nitrogens with one attached hydrogen (secondary N) is 3. The van der Waals surface area contributed by atoms with Crippen molar-refractivity contribution >= 4 is 28.4 Å². The maximum atomic E-state index is 12.0. The van der Waals surface area contributed by atoms with Gasteiger partial charge in [-0.1, -0.05) is 0 Å². The average Bonchev–Trinajstić information content (AvgIpc) is 2.81. The fourth-order valence-electron chi connectivity index (χ4n) is 2.00. The van der Waals surface area contributed by atoms with E-state index in [0.29, 0.717) is 24.3 Å². The van der Waals surface area contributed by atoms with Gasteiger partial charge in [-0.3, -0.25) is 9.59 Å². The van der Waals surface area contributed by atoms with Crippen molar-refractivity contribution in [3.63, 3.8) is 0 Å². The van der Waals surface area contributed by atoms with Crippen LogP contribution in [0.2, 0.25) is 0 Å². The van der Waals surface area contributed by atoms with Crippen LogP contribution in [0.5, 0.6) is 0 Å². The SMILES string of the molecule is CCNC(=O)CCNC(=O)c1c[nH]c2cc(N)ccc12. The number of hydrogen-bond acceptors (Lipinski definition) is 3. The van der Waals surface area contributed by atoms with Crippen LogP contribution in [0.4, 0.5) is 5.69 Å². The zero-order chi connectivity index (χ0) is 14.5. The van der Waals surface area contributed by atoms with Crippen molar-refractivity contribution < 1.29 is 9.59 Å². The second-order valence-electron chi connectivity index (χ2n) is 4.47. The molecule has 0 spiro atoms. The average molecular weight is 274 g/mol. The summed E-state index contributed by atoms with van der Waals surface area (Å²) >= 11 is 0. The smallest absolute Gasteiger partial charge is 0.253 e. The minimum Gasteiger partial charge on any atom is -0.399 e. The first-order chi connectivity index (χ1) is 9.61. The molecule has 2 aromatic rings. The molecule has 0 aliphatic carbocycles. The Labute approximate surface area is 116 Å². The third-order valence-electron chi connectivity index (χ3n) is 2.96. The van der Waals surface area contributed by atoms with Crippen molar-refractivity contribution in [1.29, 1.82) is 0 Å². The quantitative estimate of drug-likeness (QED) is 0.612. The monoisotopic (exact) mass is 274 g/mol. The molecular formula is C14H18N4O2. The minimum absolute atomic E-state index is 0.0699.